The topological polar surface area (TPSA) is 55.1 Å². The number of rotatable bonds is 5. The van der Waals surface area contributed by atoms with Crippen molar-refractivity contribution in [2.75, 3.05) is 6.54 Å². The molecule has 3 nitrogen and oxygen atoms in total. The fraction of sp³-hybridized carbons (Fsp3) is 0.588. The number of fused-ring (bicyclic) bond motifs is 1. The van der Waals surface area contributed by atoms with Crippen LogP contribution in [0.3, 0.4) is 0 Å². The lowest BCUT2D eigenvalue weighted by atomic mass is 9.82. The van der Waals surface area contributed by atoms with Crippen molar-refractivity contribution >= 4 is 5.91 Å². The maximum Gasteiger partial charge on any atom is 0.220 e. The van der Waals surface area contributed by atoms with E-state index in [4.69, 9.17) is 5.73 Å². The van der Waals surface area contributed by atoms with Gasteiger partial charge in [0.1, 0.15) is 0 Å². The molecule has 1 fully saturated rings. The van der Waals surface area contributed by atoms with E-state index in [1.807, 2.05) is 0 Å². The van der Waals surface area contributed by atoms with Crippen LogP contribution in [-0.4, -0.2) is 18.5 Å². The van der Waals surface area contributed by atoms with Crippen LogP contribution in [0.25, 0.3) is 0 Å². The Labute approximate surface area is 120 Å². The molecule has 0 heterocycles. The Bertz CT molecular complexity index is 482. The molecule has 2 atom stereocenters. The molecule has 2 aliphatic rings. The van der Waals surface area contributed by atoms with Crippen LogP contribution < -0.4 is 11.1 Å². The molecule has 0 spiro atoms. The lowest BCUT2D eigenvalue weighted by Crippen LogP contribution is -2.39. The highest BCUT2D eigenvalue weighted by Gasteiger charge is 2.28. The van der Waals surface area contributed by atoms with Gasteiger partial charge in [0.05, 0.1) is 0 Å². The van der Waals surface area contributed by atoms with E-state index in [0.717, 1.165) is 19.3 Å². The van der Waals surface area contributed by atoms with Crippen molar-refractivity contribution in [3.63, 3.8) is 0 Å². The summed E-state index contributed by atoms with van der Waals surface area (Å²) in [6.07, 6.45) is 6.38. The number of hydrogen-bond acceptors (Lipinski definition) is 2. The first-order chi connectivity index (χ1) is 9.72. The minimum Gasteiger partial charge on any atom is -0.355 e. The molecule has 1 amide bonds. The molecule has 0 radical (unpaired) electrons. The fourth-order valence-corrected chi connectivity index (χ4v) is 3.20. The number of hydrogen-bond donors (Lipinski definition) is 2. The third-order valence-corrected chi connectivity index (χ3v) is 4.69. The largest absolute Gasteiger partial charge is 0.355 e. The molecule has 108 valence electrons. The molecule has 0 aliphatic heterocycles. The van der Waals surface area contributed by atoms with Gasteiger partial charge in [0.2, 0.25) is 5.91 Å². The van der Waals surface area contributed by atoms with E-state index >= 15 is 0 Å². The van der Waals surface area contributed by atoms with Crippen LogP contribution in [-0.2, 0) is 17.6 Å². The third kappa shape index (κ3) is 3.40. The van der Waals surface area contributed by atoms with Crippen LogP contribution in [0.5, 0.6) is 0 Å². The number of amides is 1. The Kier molecular flexibility index (Phi) is 4.06. The maximum absolute atomic E-state index is 12.0. The monoisotopic (exact) mass is 272 g/mol. The number of carbonyl (C=O) groups is 1. The molecule has 0 aromatic heterocycles. The Balaban J connectivity index is 1.45. The molecule has 2 aliphatic carbocycles. The van der Waals surface area contributed by atoms with Gasteiger partial charge in [-0.3, -0.25) is 4.79 Å². The quantitative estimate of drug-likeness (QED) is 0.862. The molecule has 1 aromatic rings. The van der Waals surface area contributed by atoms with Crippen LogP contribution >= 0.6 is 0 Å². The predicted octanol–water partition coefficient (Wildman–Crippen LogP) is 2.04. The SMILES string of the molecule is NC(CNC(=O)CC1CCc2ccccc2C1)C1CC1. The van der Waals surface area contributed by atoms with Gasteiger partial charge < -0.3 is 11.1 Å². The van der Waals surface area contributed by atoms with Crippen molar-refractivity contribution in [3.05, 3.63) is 35.4 Å². The number of nitrogens with two attached hydrogens (primary N) is 1. The van der Waals surface area contributed by atoms with Crippen molar-refractivity contribution in [1.82, 2.24) is 5.32 Å². The molecule has 20 heavy (non-hydrogen) atoms. The smallest absolute Gasteiger partial charge is 0.220 e. The molecular formula is C17H24N2O. The van der Waals surface area contributed by atoms with Crippen LogP contribution in [0.4, 0.5) is 0 Å². The average Bonchev–Trinajstić information content (AvgIpc) is 3.29. The summed E-state index contributed by atoms with van der Waals surface area (Å²) in [6.45, 7) is 0.646. The van der Waals surface area contributed by atoms with Crippen LogP contribution in [0.2, 0.25) is 0 Å². The van der Waals surface area contributed by atoms with E-state index < -0.39 is 0 Å². The summed E-state index contributed by atoms with van der Waals surface area (Å²) in [5.74, 6) is 1.31. The van der Waals surface area contributed by atoms with Crippen LogP contribution in [0, 0.1) is 11.8 Å². The first kappa shape index (κ1) is 13.6. The average molecular weight is 272 g/mol. The normalized spacial score (nSPS) is 22.9. The first-order valence-corrected chi connectivity index (χ1v) is 7.81. The maximum atomic E-state index is 12.0. The fourth-order valence-electron chi connectivity index (χ4n) is 3.20. The highest BCUT2D eigenvalue weighted by molar-refractivity contribution is 5.76. The highest BCUT2D eigenvalue weighted by atomic mass is 16.1. The standard InChI is InChI=1S/C17H24N2O/c18-16(14-7-8-14)11-19-17(20)10-12-5-6-13-3-1-2-4-15(13)9-12/h1-4,12,14,16H,5-11,18H2,(H,19,20). The van der Waals surface area contributed by atoms with Gasteiger partial charge in [-0.25, -0.2) is 0 Å². The molecule has 0 bridgehead atoms. The Morgan fingerprint density at radius 2 is 2.00 bits per heavy atom. The van der Waals surface area contributed by atoms with E-state index in [9.17, 15) is 4.79 Å². The summed E-state index contributed by atoms with van der Waals surface area (Å²) < 4.78 is 0. The van der Waals surface area contributed by atoms with Crippen LogP contribution in [0.1, 0.15) is 36.8 Å². The number of nitrogens with one attached hydrogen (secondary N) is 1. The number of aryl methyl sites for hydroxylation is 1. The summed E-state index contributed by atoms with van der Waals surface area (Å²) in [5, 5.41) is 3.01. The second-order valence-electron chi connectivity index (χ2n) is 6.39. The summed E-state index contributed by atoms with van der Waals surface area (Å²) in [5.41, 5.74) is 8.89. The minimum atomic E-state index is 0.158. The van der Waals surface area contributed by atoms with E-state index in [-0.39, 0.29) is 11.9 Å². The summed E-state index contributed by atoms with van der Waals surface area (Å²) >= 11 is 0. The Morgan fingerprint density at radius 1 is 1.25 bits per heavy atom. The second-order valence-corrected chi connectivity index (χ2v) is 6.39. The molecular weight excluding hydrogens is 248 g/mol. The zero-order chi connectivity index (χ0) is 13.9. The van der Waals surface area contributed by atoms with E-state index in [1.54, 1.807) is 0 Å². The zero-order valence-corrected chi connectivity index (χ0v) is 12.0. The summed E-state index contributed by atoms with van der Waals surface area (Å²) in [6, 6.07) is 8.76. The molecule has 1 aromatic carbocycles. The third-order valence-electron chi connectivity index (χ3n) is 4.69. The zero-order valence-electron chi connectivity index (χ0n) is 12.0. The number of carbonyl (C=O) groups excluding carboxylic acids is 1. The van der Waals surface area contributed by atoms with E-state index in [1.165, 1.54) is 24.0 Å². The molecule has 3 N–H and O–H groups in total. The van der Waals surface area contributed by atoms with Gasteiger partial charge >= 0.3 is 0 Å². The van der Waals surface area contributed by atoms with E-state index in [0.29, 0.717) is 24.8 Å². The highest BCUT2D eigenvalue weighted by Crippen LogP contribution is 2.31. The first-order valence-electron chi connectivity index (χ1n) is 7.81. The van der Waals surface area contributed by atoms with Gasteiger partial charge in [0.15, 0.2) is 0 Å². The molecule has 2 unspecified atom stereocenters. The van der Waals surface area contributed by atoms with Gasteiger partial charge in [-0.1, -0.05) is 24.3 Å². The summed E-state index contributed by atoms with van der Waals surface area (Å²) in [4.78, 5) is 12.0. The minimum absolute atomic E-state index is 0.158. The van der Waals surface area contributed by atoms with Crippen molar-refractivity contribution < 1.29 is 4.79 Å². The van der Waals surface area contributed by atoms with Gasteiger partial charge in [-0.05, 0) is 55.1 Å². The second kappa shape index (κ2) is 5.96. The Hall–Kier alpha value is -1.35. The molecule has 0 saturated heterocycles. The van der Waals surface area contributed by atoms with Crippen molar-refractivity contribution in [1.29, 1.82) is 0 Å². The summed E-state index contributed by atoms with van der Waals surface area (Å²) in [7, 11) is 0. The lowest BCUT2D eigenvalue weighted by molar-refractivity contribution is -0.122. The molecule has 1 saturated carbocycles. The number of benzene rings is 1. The van der Waals surface area contributed by atoms with Crippen molar-refractivity contribution in [2.24, 2.45) is 17.6 Å². The van der Waals surface area contributed by atoms with Gasteiger partial charge in [0, 0.05) is 19.0 Å². The van der Waals surface area contributed by atoms with Crippen molar-refractivity contribution in [3.8, 4) is 0 Å². The van der Waals surface area contributed by atoms with Crippen molar-refractivity contribution in [2.45, 2.75) is 44.6 Å². The van der Waals surface area contributed by atoms with Gasteiger partial charge in [-0.2, -0.15) is 0 Å². The lowest BCUT2D eigenvalue weighted by Gasteiger charge is -2.24. The van der Waals surface area contributed by atoms with Gasteiger partial charge in [0.25, 0.3) is 0 Å². The van der Waals surface area contributed by atoms with Crippen LogP contribution in [0.15, 0.2) is 24.3 Å². The molecule has 3 rings (SSSR count). The molecule has 3 heteroatoms. The predicted molar refractivity (Wildman–Crippen MR) is 80.3 cm³/mol. The Morgan fingerprint density at radius 3 is 2.75 bits per heavy atom. The van der Waals surface area contributed by atoms with E-state index in [2.05, 4.69) is 29.6 Å². The van der Waals surface area contributed by atoms with Gasteiger partial charge in [-0.15, -0.1) is 0 Å².